The monoisotopic (exact) mass is 325 g/mol. The molecule has 4 nitrogen and oxygen atoms in total. The van der Waals surface area contributed by atoms with Crippen LogP contribution in [0.4, 0.5) is 11.4 Å². The first-order valence-corrected chi connectivity index (χ1v) is 9.26. The molecule has 1 fully saturated rings. The highest BCUT2D eigenvalue weighted by molar-refractivity contribution is 5.85. The van der Waals surface area contributed by atoms with Gasteiger partial charge >= 0.3 is 0 Å². The molecule has 0 amide bonds. The molecule has 1 unspecified atom stereocenters. The van der Waals surface area contributed by atoms with Crippen LogP contribution in [-0.4, -0.2) is 11.3 Å². The molecule has 1 atom stereocenters. The highest BCUT2D eigenvalue weighted by Crippen LogP contribution is 2.46. The first-order chi connectivity index (χ1) is 11.6. The average molecular weight is 325 g/mol. The molecule has 24 heavy (non-hydrogen) atoms. The Morgan fingerprint density at radius 3 is 2.50 bits per heavy atom. The second-order valence-electron chi connectivity index (χ2n) is 7.30. The molecule has 2 aliphatic rings. The molecule has 2 aromatic rings. The van der Waals surface area contributed by atoms with E-state index in [4.69, 9.17) is 4.52 Å². The summed E-state index contributed by atoms with van der Waals surface area (Å²) in [4.78, 5) is 0. The van der Waals surface area contributed by atoms with E-state index in [9.17, 15) is 0 Å². The van der Waals surface area contributed by atoms with Crippen LogP contribution in [-0.2, 0) is 0 Å². The van der Waals surface area contributed by atoms with Crippen LogP contribution in [0, 0.1) is 19.8 Å². The number of nitrogens with zero attached hydrogens (tertiary/aromatic N) is 1. The molecular formula is C20H27N3O. The van der Waals surface area contributed by atoms with E-state index in [0.29, 0.717) is 12.1 Å². The molecule has 1 aliphatic heterocycles. The van der Waals surface area contributed by atoms with Gasteiger partial charge in [0.05, 0.1) is 23.2 Å². The molecule has 1 aliphatic carbocycles. The van der Waals surface area contributed by atoms with Crippen molar-refractivity contribution < 1.29 is 4.52 Å². The molecule has 0 radical (unpaired) electrons. The number of fused-ring (bicyclic) bond motifs is 1. The van der Waals surface area contributed by atoms with Gasteiger partial charge in [-0.05, 0) is 74.6 Å². The van der Waals surface area contributed by atoms with E-state index in [1.165, 1.54) is 35.3 Å². The standard InChI is InChI=1S/C20H27N3O/c1-5-13(6-2)16-9-15(18-11(3)23-24-12(18)4)10-17-19(16)22-20(21-17)14-7-8-14/h9-10,13-14,20-22H,5-8H2,1-4H3. The number of aryl methyl sites for hydroxylation is 2. The third kappa shape index (κ3) is 2.48. The molecule has 0 spiro atoms. The SMILES string of the molecule is CCC(CC)c1cc(-c2c(C)noc2C)cc2c1NC(C1CC1)N2. The first kappa shape index (κ1) is 15.6. The maximum Gasteiger partial charge on any atom is 0.141 e. The quantitative estimate of drug-likeness (QED) is 0.769. The minimum absolute atomic E-state index is 0.396. The Hall–Kier alpha value is -1.97. The summed E-state index contributed by atoms with van der Waals surface area (Å²) in [5, 5.41) is 11.6. The molecule has 0 saturated heterocycles. The van der Waals surface area contributed by atoms with Crippen LogP contribution in [0.3, 0.4) is 0 Å². The molecule has 4 heteroatoms. The zero-order valence-corrected chi connectivity index (χ0v) is 15.1. The minimum Gasteiger partial charge on any atom is -0.363 e. The van der Waals surface area contributed by atoms with E-state index in [-0.39, 0.29) is 0 Å². The normalized spacial score (nSPS) is 19.3. The van der Waals surface area contributed by atoms with Crippen LogP contribution in [0.2, 0.25) is 0 Å². The highest BCUT2D eigenvalue weighted by atomic mass is 16.5. The van der Waals surface area contributed by atoms with Crippen molar-refractivity contribution in [2.24, 2.45) is 5.92 Å². The summed E-state index contributed by atoms with van der Waals surface area (Å²) < 4.78 is 5.41. The van der Waals surface area contributed by atoms with Gasteiger partial charge in [0.25, 0.3) is 0 Å². The van der Waals surface area contributed by atoms with Gasteiger partial charge in [-0.3, -0.25) is 0 Å². The number of anilines is 2. The third-order valence-corrected chi connectivity index (χ3v) is 5.62. The van der Waals surface area contributed by atoms with Crippen molar-refractivity contribution in [3.8, 4) is 11.1 Å². The third-order valence-electron chi connectivity index (χ3n) is 5.62. The largest absolute Gasteiger partial charge is 0.363 e. The van der Waals surface area contributed by atoms with Crippen molar-refractivity contribution in [1.29, 1.82) is 0 Å². The maximum absolute atomic E-state index is 5.41. The van der Waals surface area contributed by atoms with Gasteiger partial charge in [0.2, 0.25) is 0 Å². The lowest BCUT2D eigenvalue weighted by Gasteiger charge is -2.19. The van der Waals surface area contributed by atoms with Crippen LogP contribution in [0.1, 0.15) is 62.5 Å². The van der Waals surface area contributed by atoms with E-state index in [2.05, 4.69) is 41.8 Å². The Morgan fingerprint density at radius 1 is 1.17 bits per heavy atom. The van der Waals surface area contributed by atoms with Crippen molar-refractivity contribution in [3.63, 3.8) is 0 Å². The fourth-order valence-corrected chi connectivity index (χ4v) is 4.05. The Labute approximate surface area is 144 Å². The van der Waals surface area contributed by atoms with Gasteiger partial charge < -0.3 is 15.2 Å². The van der Waals surface area contributed by atoms with Crippen LogP contribution >= 0.6 is 0 Å². The molecule has 0 bridgehead atoms. The topological polar surface area (TPSA) is 50.1 Å². The molecule has 1 saturated carbocycles. The molecule has 128 valence electrons. The van der Waals surface area contributed by atoms with Crippen LogP contribution in [0.25, 0.3) is 11.1 Å². The van der Waals surface area contributed by atoms with Crippen LogP contribution in [0.5, 0.6) is 0 Å². The van der Waals surface area contributed by atoms with Crippen molar-refractivity contribution in [3.05, 3.63) is 29.2 Å². The fourth-order valence-electron chi connectivity index (χ4n) is 4.05. The first-order valence-electron chi connectivity index (χ1n) is 9.26. The van der Waals surface area contributed by atoms with Crippen molar-refractivity contribution in [2.45, 2.75) is 65.5 Å². The number of benzene rings is 1. The van der Waals surface area contributed by atoms with Gasteiger partial charge in [-0.1, -0.05) is 19.0 Å². The Morgan fingerprint density at radius 2 is 1.92 bits per heavy atom. The zero-order chi connectivity index (χ0) is 16.8. The maximum atomic E-state index is 5.41. The van der Waals surface area contributed by atoms with Gasteiger partial charge in [0.1, 0.15) is 5.76 Å². The fraction of sp³-hybridized carbons (Fsp3) is 0.550. The Balaban J connectivity index is 1.83. The molecule has 4 rings (SSSR count). The van der Waals surface area contributed by atoms with Gasteiger partial charge in [-0.2, -0.15) is 0 Å². The van der Waals surface area contributed by atoms with E-state index >= 15 is 0 Å². The summed E-state index contributed by atoms with van der Waals surface area (Å²) in [6.07, 6.45) is 5.37. The summed E-state index contributed by atoms with van der Waals surface area (Å²) in [6.45, 7) is 8.58. The van der Waals surface area contributed by atoms with E-state index in [0.717, 1.165) is 35.8 Å². The van der Waals surface area contributed by atoms with Gasteiger partial charge in [-0.25, -0.2) is 0 Å². The number of hydrogen-bond donors (Lipinski definition) is 2. The highest BCUT2D eigenvalue weighted by Gasteiger charge is 2.36. The predicted octanol–water partition coefficient (Wildman–Crippen LogP) is 5.44. The Kier molecular flexibility index (Phi) is 3.78. The van der Waals surface area contributed by atoms with Crippen molar-refractivity contribution in [1.82, 2.24) is 5.16 Å². The smallest absolute Gasteiger partial charge is 0.141 e. The predicted molar refractivity (Wildman–Crippen MR) is 98.5 cm³/mol. The van der Waals surface area contributed by atoms with Crippen molar-refractivity contribution in [2.75, 3.05) is 10.6 Å². The number of nitrogens with one attached hydrogen (secondary N) is 2. The number of hydrogen-bond acceptors (Lipinski definition) is 4. The minimum atomic E-state index is 0.396. The zero-order valence-electron chi connectivity index (χ0n) is 15.1. The number of aromatic nitrogens is 1. The van der Waals surface area contributed by atoms with Gasteiger partial charge in [0.15, 0.2) is 0 Å². The summed E-state index contributed by atoms with van der Waals surface area (Å²) in [5.74, 6) is 2.24. The van der Waals surface area contributed by atoms with Crippen molar-refractivity contribution >= 4 is 11.4 Å². The van der Waals surface area contributed by atoms with E-state index in [1.54, 1.807) is 0 Å². The molecule has 2 N–H and O–H groups in total. The second-order valence-corrected chi connectivity index (χ2v) is 7.30. The van der Waals surface area contributed by atoms with Crippen LogP contribution in [0.15, 0.2) is 16.7 Å². The lowest BCUT2D eigenvalue weighted by Crippen LogP contribution is -2.24. The second kappa shape index (κ2) is 5.83. The van der Waals surface area contributed by atoms with Crippen LogP contribution < -0.4 is 10.6 Å². The number of rotatable bonds is 5. The van der Waals surface area contributed by atoms with Gasteiger partial charge in [-0.15, -0.1) is 0 Å². The van der Waals surface area contributed by atoms with E-state index < -0.39 is 0 Å². The molecular weight excluding hydrogens is 298 g/mol. The lowest BCUT2D eigenvalue weighted by molar-refractivity contribution is 0.393. The molecule has 1 aromatic carbocycles. The Bertz CT molecular complexity index is 737. The summed E-state index contributed by atoms with van der Waals surface area (Å²) in [5.41, 5.74) is 7.32. The summed E-state index contributed by atoms with van der Waals surface area (Å²) in [7, 11) is 0. The van der Waals surface area contributed by atoms with E-state index in [1.807, 2.05) is 13.8 Å². The molecule has 1 aromatic heterocycles. The summed E-state index contributed by atoms with van der Waals surface area (Å²) >= 11 is 0. The average Bonchev–Trinajstić information content (AvgIpc) is 3.25. The van der Waals surface area contributed by atoms with Gasteiger partial charge in [0, 0.05) is 5.56 Å². The molecule has 2 heterocycles. The summed E-state index contributed by atoms with van der Waals surface area (Å²) in [6, 6.07) is 4.62. The lowest BCUT2D eigenvalue weighted by atomic mass is 9.89.